The third kappa shape index (κ3) is 2.56. The summed E-state index contributed by atoms with van der Waals surface area (Å²) in [6.07, 6.45) is 1.36. The second-order valence-corrected chi connectivity index (χ2v) is 5.62. The van der Waals surface area contributed by atoms with Gasteiger partial charge in [0.25, 0.3) is 0 Å². The molecule has 2 heterocycles. The fourth-order valence-corrected chi connectivity index (χ4v) is 3.04. The standard InChI is InChI=1S/C16H17NO5/c18-13-10-16(14(19)22-13)8-4-5-9-17(16)15(20)21-11-12-6-2-1-3-7-12/h1-3,6-7H,4-5,8-11H2. The molecule has 0 aromatic heterocycles. The average Bonchev–Trinajstić information content (AvgIpc) is 2.80. The molecule has 1 spiro atoms. The van der Waals surface area contributed by atoms with Gasteiger partial charge in [0.15, 0.2) is 5.54 Å². The van der Waals surface area contributed by atoms with Crippen LogP contribution < -0.4 is 0 Å². The van der Waals surface area contributed by atoms with E-state index in [0.29, 0.717) is 13.0 Å². The highest BCUT2D eigenvalue weighted by Gasteiger charge is 2.56. The normalized spacial score (nSPS) is 24.5. The van der Waals surface area contributed by atoms with Crippen LogP contribution in [0.1, 0.15) is 31.2 Å². The van der Waals surface area contributed by atoms with E-state index in [2.05, 4.69) is 4.74 Å². The molecule has 1 unspecified atom stereocenters. The summed E-state index contributed by atoms with van der Waals surface area (Å²) in [4.78, 5) is 37.2. The lowest BCUT2D eigenvalue weighted by Gasteiger charge is -2.39. The zero-order valence-electron chi connectivity index (χ0n) is 12.1. The van der Waals surface area contributed by atoms with Gasteiger partial charge in [0.1, 0.15) is 6.61 Å². The summed E-state index contributed by atoms with van der Waals surface area (Å²) < 4.78 is 9.98. The molecular weight excluding hydrogens is 286 g/mol. The van der Waals surface area contributed by atoms with Gasteiger partial charge in [-0.25, -0.2) is 9.59 Å². The number of amides is 1. The molecule has 22 heavy (non-hydrogen) atoms. The van der Waals surface area contributed by atoms with Gasteiger partial charge in [0.2, 0.25) is 0 Å². The summed E-state index contributed by atoms with van der Waals surface area (Å²) in [5.41, 5.74) is -0.296. The highest BCUT2D eigenvalue weighted by Crippen LogP contribution is 2.37. The SMILES string of the molecule is O=C1CC2(CCCCN2C(=O)OCc2ccccc2)C(=O)O1. The number of piperidine rings is 1. The molecule has 1 amide bonds. The minimum Gasteiger partial charge on any atom is -0.445 e. The molecule has 6 heteroatoms. The minimum atomic E-state index is -1.16. The van der Waals surface area contributed by atoms with Gasteiger partial charge in [-0.05, 0) is 24.8 Å². The van der Waals surface area contributed by atoms with E-state index in [1.54, 1.807) is 0 Å². The lowest BCUT2D eigenvalue weighted by molar-refractivity contribution is -0.156. The van der Waals surface area contributed by atoms with Crippen LogP contribution in [-0.4, -0.2) is 35.0 Å². The lowest BCUT2D eigenvalue weighted by atomic mass is 9.85. The predicted molar refractivity (Wildman–Crippen MR) is 75.6 cm³/mol. The first kappa shape index (κ1) is 14.6. The zero-order valence-corrected chi connectivity index (χ0v) is 12.1. The van der Waals surface area contributed by atoms with E-state index in [-0.39, 0.29) is 13.0 Å². The van der Waals surface area contributed by atoms with Crippen molar-refractivity contribution in [3.8, 4) is 0 Å². The van der Waals surface area contributed by atoms with Crippen LogP contribution in [0.3, 0.4) is 0 Å². The van der Waals surface area contributed by atoms with Crippen LogP contribution in [0.2, 0.25) is 0 Å². The van der Waals surface area contributed by atoms with Crippen molar-refractivity contribution >= 4 is 18.0 Å². The van der Waals surface area contributed by atoms with Gasteiger partial charge in [0, 0.05) is 6.54 Å². The number of carbonyl (C=O) groups is 3. The Hall–Kier alpha value is -2.37. The van der Waals surface area contributed by atoms with Crippen molar-refractivity contribution in [1.82, 2.24) is 4.90 Å². The Balaban J connectivity index is 1.72. The van der Waals surface area contributed by atoms with E-state index in [9.17, 15) is 14.4 Å². The highest BCUT2D eigenvalue weighted by molar-refractivity contribution is 6.02. The van der Waals surface area contributed by atoms with E-state index in [1.807, 2.05) is 30.3 Å². The summed E-state index contributed by atoms with van der Waals surface area (Å²) in [5, 5.41) is 0. The molecule has 0 saturated carbocycles. The fraction of sp³-hybridized carbons (Fsp3) is 0.438. The zero-order chi connectivity index (χ0) is 15.6. The summed E-state index contributed by atoms with van der Waals surface area (Å²) >= 11 is 0. The Morgan fingerprint density at radius 3 is 2.68 bits per heavy atom. The topological polar surface area (TPSA) is 72.9 Å². The first-order valence-electron chi connectivity index (χ1n) is 7.35. The fourth-order valence-electron chi connectivity index (χ4n) is 3.04. The monoisotopic (exact) mass is 303 g/mol. The summed E-state index contributed by atoms with van der Waals surface area (Å²) in [6, 6.07) is 9.31. The van der Waals surface area contributed by atoms with Gasteiger partial charge in [-0.1, -0.05) is 30.3 Å². The Morgan fingerprint density at radius 1 is 1.23 bits per heavy atom. The molecule has 2 aliphatic heterocycles. The number of hydrogen-bond donors (Lipinski definition) is 0. The third-order valence-electron chi connectivity index (χ3n) is 4.19. The maximum absolute atomic E-state index is 12.4. The number of cyclic esters (lactones) is 2. The Morgan fingerprint density at radius 2 is 2.00 bits per heavy atom. The smallest absolute Gasteiger partial charge is 0.411 e. The first-order valence-corrected chi connectivity index (χ1v) is 7.35. The average molecular weight is 303 g/mol. The van der Waals surface area contributed by atoms with Crippen LogP contribution >= 0.6 is 0 Å². The van der Waals surface area contributed by atoms with Gasteiger partial charge in [-0.15, -0.1) is 0 Å². The van der Waals surface area contributed by atoms with Crippen LogP contribution in [-0.2, 0) is 25.7 Å². The molecule has 2 aliphatic rings. The number of carbonyl (C=O) groups excluding carboxylic acids is 3. The minimum absolute atomic E-state index is 0.0771. The van der Waals surface area contributed by atoms with Crippen molar-refractivity contribution in [1.29, 1.82) is 0 Å². The Kier molecular flexibility index (Phi) is 3.83. The summed E-state index contributed by atoms with van der Waals surface area (Å²) in [6.45, 7) is 0.533. The number of nitrogens with zero attached hydrogens (tertiary/aromatic N) is 1. The van der Waals surface area contributed by atoms with Gasteiger partial charge < -0.3 is 9.47 Å². The number of benzene rings is 1. The first-order chi connectivity index (χ1) is 10.6. The second kappa shape index (κ2) is 5.79. The molecule has 1 atom stereocenters. The molecule has 1 aromatic carbocycles. The quantitative estimate of drug-likeness (QED) is 0.617. The van der Waals surface area contributed by atoms with E-state index >= 15 is 0 Å². The van der Waals surface area contributed by atoms with Gasteiger partial charge in [-0.3, -0.25) is 9.69 Å². The van der Waals surface area contributed by atoms with E-state index in [1.165, 1.54) is 4.90 Å². The molecule has 3 rings (SSSR count). The third-order valence-corrected chi connectivity index (χ3v) is 4.19. The lowest BCUT2D eigenvalue weighted by Crippen LogP contribution is -2.57. The maximum atomic E-state index is 12.4. The van der Waals surface area contributed by atoms with Gasteiger partial charge in [0.05, 0.1) is 6.42 Å². The molecule has 1 aromatic rings. The van der Waals surface area contributed by atoms with Crippen molar-refractivity contribution in [3.05, 3.63) is 35.9 Å². The molecule has 2 saturated heterocycles. The number of rotatable bonds is 2. The maximum Gasteiger partial charge on any atom is 0.411 e. The van der Waals surface area contributed by atoms with Crippen molar-refractivity contribution in [3.63, 3.8) is 0 Å². The molecule has 116 valence electrons. The van der Waals surface area contributed by atoms with Crippen LogP contribution in [0.4, 0.5) is 4.79 Å². The van der Waals surface area contributed by atoms with Crippen LogP contribution in [0.5, 0.6) is 0 Å². The van der Waals surface area contributed by atoms with E-state index in [0.717, 1.165) is 18.4 Å². The van der Waals surface area contributed by atoms with Gasteiger partial charge in [-0.2, -0.15) is 0 Å². The van der Waals surface area contributed by atoms with Crippen molar-refractivity contribution in [2.24, 2.45) is 0 Å². The Bertz CT molecular complexity index is 600. The largest absolute Gasteiger partial charge is 0.445 e. The van der Waals surface area contributed by atoms with E-state index < -0.39 is 23.6 Å². The number of likely N-dealkylation sites (tertiary alicyclic amines) is 1. The van der Waals surface area contributed by atoms with Crippen LogP contribution in [0, 0.1) is 0 Å². The predicted octanol–water partition coefficient (Wildman–Crippen LogP) is 2.02. The molecule has 0 aliphatic carbocycles. The molecule has 0 radical (unpaired) electrons. The highest BCUT2D eigenvalue weighted by atomic mass is 16.6. The van der Waals surface area contributed by atoms with Crippen molar-refractivity contribution < 1.29 is 23.9 Å². The van der Waals surface area contributed by atoms with Crippen molar-refractivity contribution in [2.45, 2.75) is 37.8 Å². The number of hydrogen-bond acceptors (Lipinski definition) is 5. The van der Waals surface area contributed by atoms with Crippen LogP contribution in [0.25, 0.3) is 0 Å². The summed E-state index contributed by atoms with van der Waals surface area (Å²) in [5.74, 6) is -1.21. The number of esters is 2. The molecule has 2 fully saturated rings. The molecule has 0 N–H and O–H groups in total. The summed E-state index contributed by atoms with van der Waals surface area (Å²) in [7, 11) is 0. The van der Waals surface area contributed by atoms with Crippen molar-refractivity contribution in [2.75, 3.05) is 6.54 Å². The molecule has 6 nitrogen and oxygen atoms in total. The van der Waals surface area contributed by atoms with E-state index in [4.69, 9.17) is 4.74 Å². The number of ether oxygens (including phenoxy) is 2. The van der Waals surface area contributed by atoms with Crippen LogP contribution in [0.15, 0.2) is 30.3 Å². The molecule has 0 bridgehead atoms. The second-order valence-electron chi connectivity index (χ2n) is 5.62. The molecular formula is C16H17NO5. The van der Waals surface area contributed by atoms with Gasteiger partial charge >= 0.3 is 18.0 Å². The Labute approximate surface area is 128 Å².